The quantitative estimate of drug-likeness (QED) is 0.618. The van der Waals surface area contributed by atoms with Crippen LogP contribution in [0.2, 0.25) is 0 Å². The first-order valence-electron chi connectivity index (χ1n) is 5.29. The minimum absolute atomic E-state index is 0.0918. The molecule has 1 aliphatic rings. The van der Waals surface area contributed by atoms with E-state index in [9.17, 15) is 8.63 Å². The first-order valence-corrected chi connectivity index (χ1v) is 7.84. The maximum absolute atomic E-state index is 12.2. The standard InChI is InChI=1S/C13H8N2O2Se/c16-13(9-3-5-14-6-4-9)10-1-2-11-12(7-10)18(17)8-15-11/h1-8H. The Morgan fingerprint density at radius 3 is 2.61 bits per heavy atom. The maximum atomic E-state index is 12.2. The van der Waals surface area contributed by atoms with E-state index in [2.05, 4.69) is 9.98 Å². The summed E-state index contributed by atoms with van der Waals surface area (Å²) in [5.74, 6) is -0.0918. The van der Waals surface area contributed by atoms with E-state index in [1.165, 1.54) is 5.11 Å². The molecule has 2 aromatic rings. The Balaban J connectivity index is 2.02. The number of nitrogens with zero attached hydrogens (tertiary/aromatic N) is 2. The summed E-state index contributed by atoms with van der Waals surface area (Å²) in [5.41, 5.74) is 1.82. The zero-order chi connectivity index (χ0) is 12.5. The van der Waals surface area contributed by atoms with E-state index < -0.39 is 13.8 Å². The molecule has 1 atom stereocenters. The average Bonchev–Trinajstić information content (AvgIpc) is 2.80. The van der Waals surface area contributed by atoms with E-state index in [0.717, 1.165) is 0 Å². The number of hydrogen-bond acceptors (Lipinski definition) is 4. The van der Waals surface area contributed by atoms with Gasteiger partial charge in [0.05, 0.1) is 0 Å². The molecule has 0 aliphatic carbocycles. The number of aliphatic imine (C=N–C) groups is 1. The molecule has 3 rings (SSSR count). The normalized spacial score (nSPS) is 16.6. The molecule has 88 valence electrons. The van der Waals surface area contributed by atoms with Crippen molar-refractivity contribution in [1.29, 1.82) is 0 Å². The Morgan fingerprint density at radius 1 is 1.06 bits per heavy atom. The van der Waals surface area contributed by atoms with Crippen molar-refractivity contribution in [2.24, 2.45) is 4.99 Å². The van der Waals surface area contributed by atoms with E-state index in [0.29, 0.717) is 21.3 Å². The number of aromatic nitrogens is 1. The van der Waals surface area contributed by atoms with Gasteiger partial charge < -0.3 is 0 Å². The van der Waals surface area contributed by atoms with E-state index in [4.69, 9.17) is 0 Å². The van der Waals surface area contributed by atoms with Crippen LogP contribution in [0.25, 0.3) is 0 Å². The molecule has 1 aromatic carbocycles. The zero-order valence-corrected chi connectivity index (χ0v) is 11.0. The number of benzene rings is 1. The minimum atomic E-state index is -2.18. The van der Waals surface area contributed by atoms with Crippen molar-refractivity contribution >= 4 is 34.9 Å². The van der Waals surface area contributed by atoms with Gasteiger partial charge in [0.1, 0.15) is 0 Å². The Morgan fingerprint density at radius 2 is 1.83 bits per heavy atom. The van der Waals surface area contributed by atoms with E-state index in [1.54, 1.807) is 42.7 Å². The molecule has 0 N–H and O–H groups in total. The summed E-state index contributed by atoms with van der Waals surface area (Å²) < 4.78 is 12.4. The van der Waals surface area contributed by atoms with E-state index in [1.807, 2.05) is 0 Å². The molecule has 5 heteroatoms. The van der Waals surface area contributed by atoms with Gasteiger partial charge in [-0.2, -0.15) is 0 Å². The summed E-state index contributed by atoms with van der Waals surface area (Å²) >= 11 is -2.18. The van der Waals surface area contributed by atoms with Crippen molar-refractivity contribution in [3.63, 3.8) is 0 Å². The molecule has 1 aliphatic heterocycles. The summed E-state index contributed by atoms with van der Waals surface area (Å²) in [5, 5.41) is 1.48. The van der Waals surface area contributed by atoms with E-state index >= 15 is 0 Å². The summed E-state index contributed by atoms with van der Waals surface area (Å²) in [7, 11) is 0. The number of hydrogen-bond donors (Lipinski definition) is 0. The number of fused-ring (bicyclic) bond motifs is 1. The summed E-state index contributed by atoms with van der Waals surface area (Å²) in [6, 6.07) is 8.46. The Bertz CT molecular complexity index is 681. The van der Waals surface area contributed by atoms with Crippen molar-refractivity contribution in [2.45, 2.75) is 0 Å². The Kier molecular flexibility index (Phi) is 2.70. The van der Waals surface area contributed by atoms with Gasteiger partial charge in [-0.25, -0.2) is 0 Å². The molecule has 18 heavy (non-hydrogen) atoms. The van der Waals surface area contributed by atoms with Crippen LogP contribution in [0.3, 0.4) is 0 Å². The third-order valence-corrected chi connectivity index (χ3v) is 4.89. The first-order chi connectivity index (χ1) is 8.75. The number of carbonyl (C=O) groups excluding carboxylic acids is 1. The van der Waals surface area contributed by atoms with Gasteiger partial charge in [-0.05, 0) is 0 Å². The molecule has 0 saturated heterocycles. The van der Waals surface area contributed by atoms with Gasteiger partial charge in [0.25, 0.3) is 0 Å². The Labute approximate surface area is 107 Å². The molecule has 0 saturated carbocycles. The molecule has 0 bridgehead atoms. The number of ketones is 1. The monoisotopic (exact) mass is 304 g/mol. The number of rotatable bonds is 2. The second-order valence-corrected chi connectivity index (χ2v) is 6.39. The molecule has 1 unspecified atom stereocenters. The van der Waals surface area contributed by atoms with Crippen LogP contribution in [0.15, 0.2) is 47.7 Å². The Hall–Kier alpha value is -1.97. The summed E-state index contributed by atoms with van der Waals surface area (Å²) in [6.07, 6.45) is 3.15. The molecule has 0 spiro atoms. The summed E-state index contributed by atoms with van der Waals surface area (Å²) in [4.78, 5) is 20.1. The second kappa shape index (κ2) is 4.37. The van der Waals surface area contributed by atoms with Crippen LogP contribution in [-0.2, 0) is 3.83 Å². The molecule has 0 radical (unpaired) electrons. The third-order valence-electron chi connectivity index (χ3n) is 2.67. The van der Waals surface area contributed by atoms with Crippen molar-refractivity contribution in [1.82, 2.24) is 4.98 Å². The topological polar surface area (TPSA) is 59.4 Å². The van der Waals surface area contributed by atoms with Crippen LogP contribution in [0.4, 0.5) is 5.69 Å². The SMILES string of the molecule is O=C(c1ccncc1)c1ccc2c(c1)[Se](=O)C=N2. The molecule has 0 amide bonds. The molecule has 4 nitrogen and oxygen atoms in total. The van der Waals surface area contributed by atoms with Crippen LogP contribution >= 0.6 is 0 Å². The van der Waals surface area contributed by atoms with Crippen molar-refractivity contribution in [3.8, 4) is 0 Å². The van der Waals surface area contributed by atoms with Crippen molar-refractivity contribution in [3.05, 3.63) is 53.9 Å². The van der Waals surface area contributed by atoms with Crippen LogP contribution < -0.4 is 4.46 Å². The van der Waals surface area contributed by atoms with Crippen LogP contribution in [0.1, 0.15) is 15.9 Å². The molecular weight excluding hydrogens is 295 g/mol. The van der Waals surface area contributed by atoms with Gasteiger partial charge in [0, 0.05) is 0 Å². The predicted molar refractivity (Wildman–Crippen MR) is 68.3 cm³/mol. The fraction of sp³-hybridized carbons (Fsp3) is 0. The molecule has 1 aromatic heterocycles. The van der Waals surface area contributed by atoms with Gasteiger partial charge in [0.2, 0.25) is 0 Å². The summed E-state index contributed by atoms with van der Waals surface area (Å²) in [6.45, 7) is 0. The predicted octanol–water partition coefficient (Wildman–Crippen LogP) is 1.20. The zero-order valence-electron chi connectivity index (χ0n) is 9.24. The first kappa shape index (κ1) is 11.1. The average molecular weight is 303 g/mol. The van der Waals surface area contributed by atoms with Crippen LogP contribution in [0.5, 0.6) is 0 Å². The molecular formula is C13H8N2O2Se. The second-order valence-electron chi connectivity index (χ2n) is 3.78. The van der Waals surface area contributed by atoms with E-state index in [-0.39, 0.29) is 5.78 Å². The van der Waals surface area contributed by atoms with Gasteiger partial charge in [-0.15, -0.1) is 0 Å². The fourth-order valence-electron chi connectivity index (χ4n) is 1.75. The van der Waals surface area contributed by atoms with Gasteiger partial charge >= 0.3 is 107 Å². The van der Waals surface area contributed by atoms with Crippen molar-refractivity contribution < 1.29 is 8.63 Å². The molecule has 2 heterocycles. The van der Waals surface area contributed by atoms with Crippen LogP contribution in [-0.4, -0.2) is 29.7 Å². The molecule has 0 fully saturated rings. The fourth-order valence-corrected chi connectivity index (χ4v) is 3.63. The van der Waals surface area contributed by atoms with Crippen molar-refractivity contribution in [2.75, 3.05) is 0 Å². The third kappa shape index (κ3) is 1.83. The van der Waals surface area contributed by atoms with Crippen LogP contribution in [0, 0.1) is 0 Å². The number of pyridine rings is 1. The van der Waals surface area contributed by atoms with Gasteiger partial charge in [-0.3, -0.25) is 0 Å². The number of carbonyl (C=O) groups is 1. The van der Waals surface area contributed by atoms with Gasteiger partial charge in [0.15, 0.2) is 0 Å². The van der Waals surface area contributed by atoms with Gasteiger partial charge in [-0.1, -0.05) is 0 Å².